The standard InChI is InChI=1S/C36H39NO6/c1-2-33(37(28-39)43-27-32-21-13-6-14-22-32)35(41-25-30-17-9-4-10-18-30)36(42-26-31-19-11-5-12-20-31)34(23-38)40-24-29-15-7-3-8-16-29/h3-23,28,33-36H,2,24-27H2,1H3/t33?,34-,35+,36-/m1/s1. The van der Waals surface area contributed by atoms with Gasteiger partial charge in [-0.2, -0.15) is 0 Å². The second kappa shape index (κ2) is 17.7. The third kappa shape index (κ3) is 9.98. The first-order valence-electron chi connectivity index (χ1n) is 14.5. The first-order chi connectivity index (χ1) is 21.2. The van der Waals surface area contributed by atoms with E-state index in [0.717, 1.165) is 28.5 Å². The van der Waals surface area contributed by atoms with Gasteiger partial charge in [0.2, 0.25) is 6.41 Å². The number of hydrogen-bond donors (Lipinski definition) is 0. The normalized spacial score (nSPS) is 13.9. The molecule has 0 spiro atoms. The van der Waals surface area contributed by atoms with Crippen LogP contribution < -0.4 is 0 Å². The number of aldehydes is 1. The molecule has 4 aromatic rings. The van der Waals surface area contributed by atoms with Crippen molar-refractivity contribution in [1.82, 2.24) is 5.06 Å². The monoisotopic (exact) mass is 581 g/mol. The van der Waals surface area contributed by atoms with Crippen molar-refractivity contribution in [2.45, 2.75) is 64.1 Å². The van der Waals surface area contributed by atoms with E-state index >= 15 is 0 Å². The lowest BCUT2D eigenvalue weighted by Gasteiger charge is -2.39. The van der Waals surface area contributed by atoms with Crippen LogP contribution in [0.2, 0.25) is 0 Å². The number of rotatable bonds is 19. The van der Waals surface area contributed by atoms with Crippen LogP contribution in [-0.2, 0) is 55.1 Å². The van der Waals surface area contributed by atoms with E-state index in [1.165, 1.54) is 5.06 Å². The van der Waals surface area contributed by atoms with E-state index in [0.29, 0.717) is 12.8 Å². The molecule has 0 radical (unpaired) electrons. The van der Waals surface area contributed by atoms with E-state index in [1.807, 2.05) is 128 Å². The Labute approximate surface area is 253 Å². The van der Waals surface area contributed by atoms with E-state index in [9.17, 15) is 9.59 Å². The predicted octanol–water partition coefficient (Wildman–Crippen LogP) is 6.31. The zero-order chi connectivity index (χ0) is 30.1. The van der Waals surface area contributed by atoms with Crippen molar-refractivity contribution in [3.05, 3.63) is 144 Å². The molecule has 7 nitrogen and oxygen atoms in total. The summed E-state index contributed by atoms with van der Waals surface area (Å²) in [5.41, 5.74) is 3.72. The van der Waals surface area contributed by atoms with Crippen molar-refractivity contribution in [2.24, 2.45) is 0 Å². The average molecular weight is 582 g/mol. The molecule has 0 fully saturated rings. The van der Waals surface area contributed by atoms with Gasteiger partial charge in [0.15, 0.2) is 6.29 Å². The largest absolute Gasteiger partial charge is 0.368 e. The molecule has 0 aliphatic carbocycles. The Balaban J connectivity index is 1.64. The third-order valence-corrected chi connectivity index (χ3v) is 7.09. The van der Waals surface area contributed by atoms with Gasteiger partial charge in [-0.3, -0.25) is 9.63 Å². The molecule has 0 N–H and O–H groups in total. The molecule has 7 heteroatoms. The number of hydroxylamine groups is 2. The maximum absolute atomic E-state index is 12.6. The van der Waals surface area contributed by atoms with Crippen molar-refractivity contribution in [2.75, 3.05) is 0 Å². The summed E-state index contributed by atoms with van der Waals surface area (Å²) in [5, 5.41) is 1.28. The van der Waals surface area contributed by atoms with Crippen LogP contribution in [0.3, 0.4) is 0 Å². The second-order valence-corrected chi connectivity index (χ2v) is 10.1. The zero-order valence-electron chi connectivity index (χ0n) is 24.4. The molecule has 4 aromatic carbocycles. The van der Waals surface area contributed by atoms with Crippen LogP contribution in [0.4, 0.5) is 0 Å². The van der Waals surface area contributed by atoms with E-state index in [4.69, 9.17) is 19.0 Å². The Kier molecular flexibility index (Phi) is 13.1. The molecular formula is C36H39NO6. The van der Waals surface area contributed by atoms with Crippen LogP contribution in [0.5, 0.6) is 0 Å². The highest BCUT2D eigenvalue weighted by molar-refractivity contribution is 5.57. The highest BCUT2D eigenvalue weighted by atomic mass is 16.7. The SMILES string of the molecule is CCC([C@H](OCc1ccccc1)[C@H](OCc1ccccc1)[C@@H](C=O)OCc1ccccc1)N(C=O)OCc1ccccc1. The van der Waals surface area contributed by atoms with Crippen molar-refractivity contribution >= 4 is 12.7 Å². The number of benzene rings is 4. The zero-order valence-corrected chi connectivity index (χ0v) is 24.4. The molecule has 0 heterocycles. The summed E-state index contributed by atoms with van der Waals surface area (Å²) >= 11 is 0. The summed E-state index contributed by atoms with van der Waals surface area (Å²) in [6, 6.07) is 38.1. The smallest absolute Gasteiger partial charge is 0.233 e. The topological polar surface area (TPSA) is 74.3 Å². The summed E-state index contributed by atoms with van der Waals surface area (Å²) in [6.45, 7) is 2.81. The molecule has 43 heavy (non-hydrogen) atoms. The van der Waals surface area contributed by atoms with Crippen LogP contribution in [0, 0.1) is 0 Å². The molecule has 4 atom stereocenters. The fourth-order valence-corrected chi connectivity index (χ4v) is 4.80. The van der Waals surface area contributed by atoms with E-state index in [-0.39, 0.29) is 26.4 Å². The van der Waals surface area contributed by atoms with Gasteiger partial charge in [-0.1, -0.05) is 128 Å². The maximum atomic E-state index is 12.6. The van der Waals surface area contributed by atoms with E-state index in [2.05, 4.69) is 0 Å². The summed E-state index contributed by atoms with van der Waals surface area (Å²) in [7, 11) is 0. The summed E-state index contributed by atoms with van der Waals surface area (Å²) in [4.78, 5) is 31.1. The highest BCUT2D eigenvalue weighted by Crippen LogP contribution is 2.25. The maximum Gasteiger partial charge on any atom is 0.233 e. The number of nitrogens with zero attached hydrogens (tertiary/aromatic N) is 1. The predicted molar refractivity (Wildman–Crippen MR) is 164 cm³/mol. The third-order valence-electron chi connectivity index (χ3n) is 7.09. The summed E-state index contributed by atoms with van der Waals surface area (Å²) < 4.78 is 19.2. The van der Waals surface area contributed by atoms with Gasteiger partial charge in [-0.05, 0) is 28.7 Å². The lowest BCUT2D eigenvalue weighted by atomic mass is 9.98. The molecular weight excluding hydrogens is 542 g/mol. The molecule has 0 aliphatic heterocycles. The summed E-state index contributed by atoms with van der Waals surface area (Å²) in [5.74, 6) is 0. The molecule has 1 amide bonds. The van der Waals surface area contributed by atoms with Crippen molar-refractivity contribution in [1.29, 1.82) is 0 Å². The summed E-state index contributed by atoms with van der Waals surface area (Å²) in [6.07, 6.45) is -0.742. The Morgan fingerprint density at radius 1 is 0.558 bits per heavy atom. The molecule has 0 aliphatic rings. The number of ether oxygens (including phenoxy) is 3. The Bertz CT molecular complexity index is 1320. The fraction of sp³-hybridized carbons (Fsp3) is 0.278. The van der Waals surface area contributed by atoms with Gasteiger partial charge < -0.3 is 19.0 Å². The van der Waals surface area contributed by atoms with Gasteiger partial charge in [0.1, 0.15) is 24.9 Å². The van der Waals surface area contributed by atoms with Crippen LogP contribution >= 0.6 is 0 Å². The van der Waals surface area contributed by atoms with Gasteiger partial charge in [0.05, 0.1) is 25.9 Å². The number of hydrogen-bond acceptors (Lipinski definition) is 6. The molecule has 0 saturated carbocycles. The van der Waals surface area contributed by atoms with Gasteiger partial charge in [0.25, 0.3) is 0 Å². The molecule has 0 aromatic heterocycles. The lowest BCUT2D eigenvalue weighted by molar-refractivity contribution is -0.231. The molecule has 4 rings (SSSR count). The average Bonchev–Trinajstić information content (AvgIpc) is 3.07. The molecule has 224 valence electrons. The fourth-order valence-electron chi connectivity index (χ4n) is 4.80. The van der Waals surface area contributed by atoms with E-state index < -0.39 is 24.4 Å². The highest BCUT2D eigenvalue weighted by Gasteiger charge is 2.40. The number of carbonyl (C=O) groups is 2. The molecule has 0 saturated heterocycles. The quantitative estimate of drug-likeness (QED) is 0.0955. The molecule has 1 unspecified atom stereocenters. The van der Waals surface area contributed by atoms with Gasteiger partial charge in [0, 0.05) is 0 Å². The Morgan fingerprint density at radius 2 is 0.953 bits per heavy atom. The van der Waals surface area contributed by atoms with Crippen LogP contribution in [0.15, 0.2) is 121 Å². The first kappa shape index (κ1) is 31.8. The van der Waals surface area contributed by atoms with Crippen molar-refractivity contribution in [3.8, 4) is 0 Å². The minimum atomic E-state index is -0.985. The Hall–Kier alpha value is -4.14. The number of amides is 1. The lowest BCUT2D eigenvalue weighted by Crippen LogP contribution is -2.54. The minimum absolute atomic E-state index is 0.193. The Morgan fingerprint density at radius 3 is 1.35 bits per heavy atom. The van der Waals surface area contributed by atoms with Crippen molar-refractivity contribution < 1.29 is 28.6 Å². The van der Waals surface area contributed by atoms with Gasteiger partial charge in [-0.25, -0.2) is 5.06 Å². The molecule has 0 bridgehead atoms. The first-order valence-corrected chi connectivity index (χ1v) is 14.5. The minimum Gasteiger partial charge on any atom is -0.368 e. The van der Waals surface area contributed by atoms with Gasteiger partial charge in [-0.15, -0.1) is 0 Å². The van der Waals surface area contributed by atoms with E-state index in [1.54, 1.807) is 0 Å². The van der Waals surface area contributed by atoms with Crippen LogP contribution in [-0.4, -0.2) is 42.1 Å². The van der Waals surface area contributed by atoms with Crippen molar-refractivity contribution in [3.63, 3.8) is 0 Å². The van der Waals surface area contributed by atoms with Crippen LogP contribution in [0.25, 0.3) is 0 Å². The van der Waals surface area contributed by atoms with Gasteiger partial charge >= 0.3 is 0 Å². The number of carbonyl (C=O) groups excluding carboxylic acids is 2. The second-order valence-electron chi connectivity index (χ2n) is 10.1. The van der Waals surface area contributed by atoms with Crippen LogP contribution in [0.1, 0.15) is 35.6 Å².